The fourth-order valence-corrected chi connectivity index (χ4v) is 2.75. The highest BCUT2D eigenvalue weighted by Crippen LogP contribution is 2.29. The van der Waals surface area contributed by atoms with E-state index in [1.54, 1.807) is 30.3 Å². The second-order valence-corrected chi connectivity index (χ2v) is 6.37. The van der Waals surface area contributed by atoms with Crippen molar-refractivity contribution in [2.75, 3.05) is 18.2 Å². The highest BCUT2D eigenvalue weighted by Gasteiger charge is 2.34. The Morgan fingerprint density at radius 2 is 1.68 bits per heavy atom. The van der Waals surface area contributed by atoms with E-state index in [-0.39, 0.29) is 5.57 Å². The summed E-state index contributed by atoms with van der Waals surface area (Å²) in [6.07, 6.45) is 3.31. The third kappa shape index (κ3) is 4.34. The molecule has 3 rings (SSSR count). The van der Waals surface area contributed by atoms with Crippen LogP contribution in [0.5, 0.6) is 11.5 Å². The van der Waals surface area contributed by atoms with Crippen molar-refractivity contribution >= 4 is 23.6 Å². The number of hydrazine groups is 1. The first-order valence-corrected chi connectivity index (χ1v) is 9.45. The van der Waals surface area contributed by atoms with Gasteiger partial charge in [0.15, 0.2) is 0 Å². The van der Waals surface area contributed by atoms with E-state index in [0.717, 1.165) is 12.8 Å². The van der Waals surface area contributed by atoms with Crippen LogP contribution in [0.1, 0.15) is 32.3 Å². The van der Waals surface area contributed by atoms with Crippen LogP contribution < -0.4 is 19.9 Å². The smallest absolute Gasteiger partial charge is 0.282 e. The van der Waals surface area contributed by atoms with Crippen molar-refractivity contribution in [1.82, 2.24) is 5.43 Å². The Kier molecular flexibility index (Phi) is 6.32. The Morgan fingerprint density at radius 3 is 2.39 bits per heavy atom. The number of nitrogens with zero attached hydrogens (tertiary/aromatic N) is 1. The predicted octanol–water partition coefficient (Wildman–Crippen LogP) is 3.73. The number of carbonyl (C=O) groups excluding carboxylic acids is 2. The topological polar surface area (TPSA) is 67.9 Å². The lowest BCUT2D eigenvalue weighted by Gasteiger charge is -2.14. The van der Waals surface area contributed by atoms with Gasteiger partial charge in [0.05, 0.1) is 18.9 Å². The van der Waals surface area contributed by atoms with Gasteiger partial charge in [-0.2, -0.15) is 0 Å². The normalized spacial score (nSPS) is 15.1. The van der Waals surface area contributed by atoms with Crippen molar-refractivity contribution in [2.24, 2.45) is 0 Å². The molecule has 0 bridgehead atoms. The molecule has 1 saturated heterocycles. The van der Waals surface area contributed by atoms with Crippen molar-refractivity contribution in [3.63, 3.8) is 0 Å². The van der Waals surface area contributed by atoms with Crippen LogP contribution in [-0.2, 0) is 9.59 Å². The SMILES string of the molecule is CCCOc1ccc(C=C2C(=O)NN(c3ccccc3)C2=O)c(OCCC)c1. The second-order valence-electron chi connectivity index (χ2n) is 6.37. The summed E-state index contributed by atoms with van der Waals surface area (Å²) in [5.74, 6) is 0.440. The maximum atomic E-state index is 12.8. The Bertz CT molecular complexity index is 877. The number of ether oxygens (including phenoxy) is 2. The first-order chi connectivity index (χ1) is 13.6. The first-order valence-electron chi connectivity index (χ1n) is 9.45. The molecule has 6 heteroatoms. The molecule has 0 unspecified atom stereocenters. The molecule has 1 N–H and O–H groups in total. The molecule has 1 fully saturated rings. The molecule has 1 aliphatic rings. The van der Waals surface area contributed by atoms with E-state index in [1.807, 2.05) is 38.1 Å². The van der Waals surface area contributed by atoms with Gasteiger partial charge in [0.1, 0.15) is 17.1 Å². The van der Waals surface area contributed by atoms with E-state index in [0.29, 0.717) is 36.0 Å². The van der Waals surface area contributed by atoms with Gasteiger partial charge in [-0.15, -0.1) is 0 Å². The summed E-state index contributed by atoms with van der Waals surface area (Å²) in [5.41, 5.74) is 3.93. The monoisotopic (exact) mass is 380 g/mol. The number of carbonyl (C=O) groups is 2. The maximum Gasteiger partial charge on any atom is 0.282 e. The van der Waals surface area contributed by atoms with E-state index in [2.05, 4.69) is 5.43 Å². The number of nitrogens with one attached hydrogen (secondary N) is 1. The van der Waals surface area contributed by atoms with Crippen molar-refractivity contribution in [3.05, 3.63) is 59.7 Å². The number of benzene rings is 2. The largest absolute Gasteiger partial charge is 0.493 e. The Labute approximate surface area is 164 Å². The average molecular weight is 380 g/mol. The number of hydrogen-bond acceptors (Lipinski definition) is 4. The summed E-state index contributed by atoms with van der Waals surface area (Å²) < 4.78 is 11.5. The highest BCUT2D eigenvalue weighted by atomic mass is 16.5. The number of anilines is 1. The minimum Gasteiger partial charge on any atom is -0.493 e. The summed E-state index contributed by atoms with van der Waals surface area (Å²) >= 11 is 0. The Balaban J connectivity index is 1.90. The fraction of sp³-hybridized carbons (Fsp3) is 0.273. The van der Waals surface area contributed by atoms with E-state index in [9.17, 15) is 9.59 Å². The summed E-state index contributed by atoms with van der Waals surface area (Å²) in [6, 6.07) is 14.4. The zero-order chi connectivity index (χ0) is 19.9. The lowest BCUT2D eigenvalue weighted by Crippen LogP contribution is -2.35. The third-order valence-corrected chi connectivity index (χ3v) is 4.13. The quantitative estimate of drug-likeness (QED) is 0.560. The van der Waals surface area contributed by atoms with E-state index in [1.165, 1.54) is 5.01 Å². The minimum absolute atomic E-state index is 0.0624. The van der Waals surface area contributed by atoms with Crippen LogP contribution >= 0.6 is 0 Å². The van der Waals surface area contributed by atoms with E-state index < -0.39 is 11.8 Å². The fourth-order valence-electron chi connectivity index (χ4n) is 2.75. The molecule has 0 aliphatic carbocycles. The van der Waals surface area contributed by atoms with Crippen LogP contribution in [0.15, 0.2) is 54.1 Å². The first kappa shape index (κ1) is 19.5. The van der Waals surface area contributed by atoms with Crippen molar-refractivity contribution in [3.8, 4) is 11.5 Å². The third-order valence-electron chi connectivity index (χ3n) is 4.13. The lowest BCUT2D eigenvalue weighted by atomic mass is 10.1. The van der Waals surface area contributed by atoms with Gasteiger partial charge in [0, 0.05) is 11.6 Å². The lowest BCUT2D eigenvalue weighted by molar-refractivity contribution is -0.117. The van der Waals surface area contributed by atoms with Gasteiger partial charge in [-0.05, 0) is 43.2 Å². The van der Waals surface area contributed by atoms with Gasteiger partial charge in [0.25, 0.3) is 11.8 Å². The van der Waals surface area contributed by atoms with Crippen LogP contribution in [0.4, 0.5) is 5.69 Å². The van der Waals surface area contributed by atoms with Crippen molar-refractivity contribution < 1.29 is 19.1 Å². The number of para-hydroxylation sites is 1. The molecule has 2 aromatic rings. The van der Waals surface area contributed by atoms with Gasteiger partial charge >= 0.3 is 0 Å². The molecule has 0 saturated carbocycles. The molecule has 0 spiro atoms. The Hall–Kier alpha value is -3.28. The number of rotatable bonds is 8. The minimum atomic E-state index is -0.443. The molecule has 1 heterocycles. The number of hydrogen-bond donors (Lipinski definition) is 1. The van der Waals surface area contributed by atoms with Gasteiger partial charge in [-0.3, -0.25) is 15.0 Å². The van der Waals surface area contributed by atoms with Gasteiger partial charge < -0.3 is 9.47 Å². The standard InChI is InChI=1S/C22H24N2O4/c1-3-12-27-18-11-10-16(20(15-18)28-13-4-2)14-19-21(25)23-24(22(19)26)17-8-6-5-7-9-17/h5-11,14-15H,3-4,12-13H2,1-2H3,(H,23,25). The number of amides is 2. The van der Waals surface area contributed by atoms with Crippen LogP contribution in [0.2, 0.25) is 0 Å². The van der Waals surface area contributed by atoms with Crippen LogP contribution in [-0.4, -0.2) is 25.0 Å². The molecule has 6 nitrogen and oxygen atoms in total. The molecule has 2 aromatic carbocycles. The summed E-state index contributed by atoms with van der Waals surface area (Å²) in [7, 11) is 0. The molecule has 2 amide bonds. The molecule has 0 atom stereocenters. The maximum absolute atomic E-state index is 12.8. The molecular formula is C22H24N2O4. The molecule has 1 aliphatic heterocycles. The zero-order valence-electron chi connectivity index (χ0n) is 16.1. The zero-order valence-corrected chi connectivity index (χ0v) is 16.1. The Morgan fingerprint density at radius 1 is 0.964 bits per heavy atom. The molecule has 0 radical (unpaired) electrons. The molecule has 28 heavy (non-hydrogen) atoms. The van der Waals surface area contributed by atoms with E-state index in [4.69, 9.17) is 9.47 Å². The van der Waals surface area contributed by atoms with Gasteiger partial charge in [-0.1, -0.05) is 32.0 Å². The van der Waals surface area contributed by atoms with Crippen LogP contribution in [0.25, 0.3) is 6.08 Å². The molecular weight excluding hydrogens is 356 g/mol. The van der Waals surface area contributed by atoms with Gasteiger partial charge in [0.2, 0.25) is 0 Å². The van der Waals surface area contributed by atoms with Crippen LogP contribution in [0.3, 0.4) is 0 Å². The summed E-state index contributed by atoms with van der Waals surface area (Å²) in [5, 5.41) is 1.25. The van der Waals surface area contributed by atoms with Crippen molar-refractivity contribution in [2.45, 2.75) is 26.7 Å². The van der Waals surface area contributed by atoms with Crippen LogP contribution in [0, 0.1) is 0 Å². The second kappa shape index (κ2) is 9.08. The summed E-state index contributed by atoms with van der Waals surface area (Å²) in [6.45, 7) is 5.20. The molecule has 0 aromatic heterocycles. The highest BCUT2D eigenvalue weighted by molar-refractivity contribution is 6.31. The average Bonchev–Trinajstić information content (AvgIpc) is 3.00. The van der Waals surface area contributed by atoms with E-state index >= 15 is 0 Å². The predicted molar refractivity (Wildman–Crippen MR) is 108 cm³/mol. The van der Waals surface area contributed by atoms with Gasteiger partial charge in [-0.25, -0.2) is 5.01 Å². The summed E-state index contributed by atoms with van der Waals surface area (Å²) in [4.78, 5) is 25.2. The molecule has 146 valence electrons. The van der Waals surface area contributed by atoms with Crippen molar-refractivity contribution in [1.29, 1.82) is 0 Å².